The Kier molecular flexibility index (Phi) is 3.12. The van der Waals surface area contributed by atoms with Crippen molar-refractivity contribution in [2.75, 3.05) is 7.11 Å². The van der Waals surface area contributed by atoms with Gasteiger partial charge in [-0.1, -0.05) is 11.6 Å². The van der Waals surface area contributed by atoms with Crippen molar-refractivity contribution < 1.29 is 9.13 Å². The van der Waals surface area contributed by atoms with Crippen LogP contribution in [-0.4, -0.2) is 7.11 Å². The Balaban J connectivity index is 3.22. The molecular formula is C9H11ClFNO. The zero-order valence-electron chi connectivity index (χ0n) is 7.47. The van der Waals surface area contributed by atoms with E-state index in [9.17, 15) is 4.39 Å². The van der Waals surface area contributed by atoms with Crippen LogP contribution in [0, 0.1) is 5.82 Å². The van der Waals surface area contributed by atoms with Crippen LogP contribution in [0.4, 0.5) is 4.39 Å². The van der Waals surface area contributed by atoms with E-state index >= 15 is 0 Å². The number of rotatable bonds is 2. The van der Waals surface area contributed by atoms with Crippen molar-refractivity contribution in [2.24, 2.45) is 5.73 Å². The second-order valence-corrected chi connectivity index (χ2v) is 3.20. The van der Waals surface area contributed by atoms with Crippen molar-refractivity contribution in [3.8, 4) is 5.75 Å². The summed E-state index contributed by atoms with van der Waals surface area (Å²) in [6, 6.07) is 2.35. The summed E-state index contributed by atoms with van der Waals surface area (Å²) in [5.41, 5.74) is 5.95. The Hall–Kier alpha value is -0.800. The molecule has 0 aliphatic heterocycles. The number of hydrogen-bond donors (Lipinski definition) is 1. The molecule has 2 nitrogen and oxygen atoms in total. The molecule has 0 aliphatic rings. The molecule has 1 rings (SSSR count). The van der Waals surface area contributed by atoms with Crippen LogP contribution in [0.2, 0.25) is 5.02 Å². The van der Waals surface area contributed by atoms with Crippen LogP contribution in [-0.2, 0) is 0 Å². The number of nitrogens with two attached hydrogens (primary N) is 1. The molecular weight excluding hydrogens is 193 g/mol. The summed E-state index contributed by atoms with van der Waals surface area (Å²) in [5.74, 6) is 0.0381. The van der Waals surface area contributed by atoms with E-state index in [0.29, 0.717) is 11.3 Å². The maximum Gasteiger partial charge on any atom is 0.137 e. The molecule has 0 saturated carbocycles. The molecule has 0 fully saturated rings. The first kappa shape index (κ1) is 10.3. The van der Waals surface area contributed by atoms with Crippen LogP contribution in [0.3, 0.4) is 0 Å². The Labute approximate surface area is 81.4 Å². The van der Waals surface area contributed by atoms with Gasteiger partial charge >= 0.3 is 0 Å². The summed E-state index contributed by atoms with van der Waals surface area (Å²) in [4.78, 5) is 0. The first-order chi connectivity index (χ1) is 6.06. The van der Waals surface area contributed by atoms with Crippen LogP contribution in [0.1, 0.15) is 18.5 Å². The molecule has 1 aromatic carbocycles. The third-order valence-corrected chi connectivity index (χ3v) is 2.06. The maximum absolute atomic E-state index is 13.2. The minimum atomic E-state index is -0.402. The van der Waals surface area contributed by atoms with E-state index < -0.39 is 5.82 Å². The SMILES string of the molecule is COc1cc(C(C)N)c(F)cc1Cl. The standard InChI is InChI=1S/C9H11ClFNO/c1-5(12)6-3-9(13-2)7(10)4-8(6)11/h3-5H,12H2,1-2H3. The largest absolute Gasteiger partial charge is 0.495 e. The Bertz CT molecular complexity index is 315. The minimum absolute atomic E-state index is 0.254. The lowest BCUT2D eigenvalue weighted by Crippen LogP contribution is -2.07. The highest BCUT2D eigenvalue weighted by Gasteiger charge is 2.11. The molecule has 0 radical (unpaired) electrons. The molecule has 1 aromatic rings. The van der Waals surface area contributed by atoms with Gasteiger partial charge in [0.1, 0.15) is 11.6 Å². The monoisotopic (exact) mass is 203 g/mol. The Morgan fingerprint density at radius 2 is 2.15 bits per heavy atom. The maximum atomic E-state index is 13.2. The summed E-state index contributed by atoms with van der Waals surface area (Å²) in [6.07, 6.45) is 0. The minimum Gasteiger partial charge on any atom is -0.495 e. The Morgan fingerprint density at radius 1 is 1.54 bits per heavy atom. The fourth-order valence-corrected chi connectivity index (χ4v) is 1.28. The zero-order chi connectivity index (χ0) is 10.0. The van der Waals surface area contributed by atoms with Gasteiger partial charge in [0.05, 0.1) is 12.1 Å². The fraction of sp³-hybridized carbons (Fsp3) is 0.333. The molecule has 4 heteroatoms. The number of benzene rings is 1. The van der Waals surface area contributed by atoms with Crippen LogP contribution >= 0.6 is 11.6 Å². The lowest BCUT2D eigenvalue weighted by atomic mass is 10.1. The molecule has 0 saturated heterocycles. The first-order valence-electron chi connectivity index (χ1n) is 3.84. The highest BCUT2D eigenvalue weighted by Crippen LogP contribution is 2.29. The summed E-state index contributed by atoms with van der Waals surface area (Å²) < 4.78 is 18.1. The van der Waals surface area contributed by atoms with Gasteiger partial charge in [-0.3, -0.25) is 0 Å². The van der Waals surface area contributed by atoms with E-state index in [4.69, 9.17) is 22.1 Å². The normalized spacial score (nSPS) is 12.7. The van der Waals surface area contributed by atoms with Crippen LogP contribution in [0.15, 0.2) is 12.1 Å². The molecule has 13 heavy (non-hydrogen) atoms. The predicted molar refractivity (Wildman–Crippen MR) is 50.6 cm³/mol. The lowest BCUT2D eigenvalue weighted by molar-refractivity contribution is 0.412. The summed E-state index contributed by atoms with van der Waals surface area (Å²) in [7, 11) is 1.48. The van der Waals surface area contributed by atoms with Crippen LogP contribution in [0.25, 0.3) is 0 Å². The van der Waals surface area contributed by atoms with Crippen LogP contribution in [0.5, 0.6) is 5.75 Å². The van der Waals surface area contributed by atoms with Crippen LogP contribution < -0.4 is 10.5 Å². The van der Waals surface area contributed by atoms with Gasteiger partial charge < -0.3 is 10.5 Å². The highest BCUT2D eigenvalue weighted by molar-refractivity contribution is 6.32. The van der Waals surface area contributed by atoms with Crippen molar-refractivity contribution >= 4 is 11.6 Å². The second-order valence-electron chi connectivity index (χ2n) is 2.80. The number of methoxy groups -OCH3 is 1. The van der Waals surface area contributed by atoms with E-state index in [1.807, 2.05) is 0 Å². The van der Waals surface area contributed by atoms with E-state index in [-0.39, 0.29) is 11.1 Å². The smallest absolute Gasteiger partial charge is 0.137 e. The van der Waals surface area contributed by atoms with Gasteiger partial charge in [-0.2, -0.15) is 0 Å². The van der Waals surface area contributed by atoms with Gasteiger partial charge in [0, 0.05) is 11.6 Å². The molecule has 72 valence electrons. The van der Waals surface area contributed by atoms with E-state index in [1.54, 1.807) is 6.92 Å². The highest BCUT2D eigenvalue weighted by atomic mass is 35.5. The zero-order valence-corrected chi connectivity index (χ0v) is 8.23. The topological polar surface area (TPSA) is 35.2 Å². The quantitative estimate of drug-likeness (QED) is 0.802. The summed E-state index contributed by atoms with van der Waals surface area (Å²) in [5, 5.41) is 0.254. The molecule has 1 atom stereocenters. The van der Waals surface area contributed by atoms with Crippen molar-refractivity contribution in [3.05, 3.63) is 28.5 Å². The number of halogens is 2. The Morgan fingerprint density at radius 3 is 2.62 bits per heavy atom. The first-order valence-corrected chi connectivity index (χ1v) is 4.22. The van der Waals surface area contributed by atoms with E-state index in [0.717, 1.165) is 0 Å². The third-order valence-electron chi connectivity index (χ3n) is 1.76. The summed E-state index contributed by atoms with van der Waals surface area (Å²) in [6.45, 7) is 1.70. The number of hydrogen-bond acceptors (Lipinski definition) is 2. The average molecular weight is 204 g/mol. The molecule has 0 aromatic heterocycles. The molecule has 1 unspecified atom stereocenters. The third kappa shape index (κ3) is 2.11. The van der Waals surface area contributed by atoms with Gasteiger partial charge in [-0.15, -0.1) is 0 Å². The van der Waals surface area contributed by atoms with Gasteiger partial charge in [0.25, 0.3) is 0 Å². The molecule has 0 spiro atoms. The molecule has 0 amide bonds. The van der Waals surface area contributed by atoms with E-state index in [1.165, 1.54) is 19.2 Å². The van der Waals surface area contributed by atoms with Gasteiger partial charge in [-0.25, -0.2) is 4.39 Å². The fourth-order valence-electron chi connectivity index (χ4n) is 1.05. The van der Waals surface area contributed by atoms with Gasteiger partial charge in [0.2, 0.25) is 0 Å². The molecule has 0 bridgehead atoms. The van der Waals surface area contributed by atoms with Crippen molar-refractivity contribution in [1.82, 2.24) is 0 Å². The lowest BCUT2D eigenvalue weighted by Gasteiger charge is -2.10. The molecule has 2 N–H and O–H groups in total. The van der Waals surface area contributed by atoms with E-state index in [2.05, 4.69) is 0 Å². The molecule has 0 aliphatic carbocycles. The number of ether oxygens (including phenoxy) is 1. The van der Waals surface area contributed by atoms with Crippen molar-refractivity contribution in [3.63, 3.8) is 0 Å². The van der Waals surface area contributed by atoms with Crippen molar-refractivity contribution in [1.29, 1.82) is 0 Å². The second kappa shape index (κ2) is 3.94. The summed E-state index contributed by atoms with van der Waals surface area (Å²) >= 11 is 5.70. The van der Waals surface area contributed by atoms with Gasteiger partial charge in [-0.05, 0) is 19.1 Å². The molecule has 0 heterocycles. The van der Waals surface area contributed by atoms with Gasteiger partial charge in [0.15, 0.2) is 0 Å². The average Bonchev–Trinajstić information content (AvgIpc) is 2.03. The predicted octanol–water partition coefficient (Wildman–Crippen LogP) is 2.51. The van der Waals surface area contributed by atoms with Crippen molar-refractivity contribution in [2.45, 2.75) is 13.0 Å².